The Hall–Kier alpha value is -1.81. The maximum atomic E-state index is 10.8. The van der Waals surface area contributed by atoms with Crippen molar-refractivity contribution in [3.05, 3.63) is 35.4 Å². The van der Waals surface area contributed by atoms with E-state index in [4.69, 9.17) is 16.6 Å². The van der Waals surface area contributed by atoms with Gasteiger partial charge < -0.3 is 16.6 Å². The first-order valence-corrected chi connectivity index (χ1v) is 4.64. The first-order valence-electron chi connectivity index (χ1n) is 4.64. The summed E-state index contributed by atoms with van der Waals surface area (Å²) in [7, 11) is 0. The highest BCUT2D eigenvalue weighted by molar-refractivity contribution is 5.94. The van der Waals surface area contributed by atoms with E-state index in [1.54, 1.807) is 18.2 Å². The SMILES string of the molecule is NCCC=Cc1ccc(N)c(C(=O)O)c1. The fourth-order valence-electron chi connectivity index (χ4n) is 1.18. The minimum Gasteiger partial charge on any atom is -0.478 e. The van der Waals surface area contributed by atoms with Crippen molar-refractivity contribution in [2.45, 2.75) is 6.42 Å². The number of aromatic carboxylic acids is 1. The number of nitrogen functional groups attached to an aromatic ring is 1. The number of carboxylic acids is 1. The van der Waals surface area contributed by atoms with Gasteiger partial charge in [0, 0.05) is 5.69 Å². The molecular weight excluding hydrogens is 192 g/mol. The number of benzene rings is 1. The van der Waals surface area contributed by atoms with Gasteiger partial charge in [0.2, 0.25) is 0 Å². The Morgan fingerprint density at radius 1 is 1.47 bits per heavy atom. The number of hydrogen-bond acceptors (Lipinski definition) is 3. The van der Waals surface area contributed by atoms with E-state index in [9.17, 15) is 4.79 Å². The van der Waals surface area contributed by atoms with Crippen molar-refractivity contribution in [3.63, 3.8) is 0 Å². The topological polar surface area (TPSA) is 89.3 Å². The molecule has 0 amide bonds. The Morgan fingerprint density at radius 2 is 2.20 bits per heavy atom. The molecule has 0 bridgehead atoms. The third-order valence-electron chi connectivity index (χ3n) is 1.95. The fraction of sp³-hybridized carbons (Fsp3) is 0.182. The Labute approximate surface area is 88.2 Å². The number of carboxylic acid groups (broad SMARTS) is 1. The first kappa shape index (κ1) is 11.3. The number of rotatable bonds is 4. The first-order chi connectivity index (χ1) is 7.15. The molecule has 0 saturated carbocycles. The van der Waals surface area contributed by atoms with E-state index >= 15 is 0 Å². The second-order valence-corrected chi connectivity index (χ2v) is 3.13. The van der Waals surface area contributed by atoms with Crippen LogP contribution in [0, 0.1) is 0 Å². The molecule has 0 aliphatic heterocycles. The average Bonchev–Trinajstić information content (AvgIpc) is 2.20. The van der Waals surface area contributed by atoms with Gasteiger partial charge in [0.1, 0.15) is 0 Å². The molecule has 1 aromatic rings. The summed E-state index contributed by atoms with van der Waals surface area (Å²) in [6.07, 6.45) is 4.50. The van der Waals surface area contributed by atoms with Crippen LogP contribution in [0.2, 0.25) is 0 Å². The Kier molecular flexibility index (Phi) is 3.88. The molecule has 0 aliphatic carbocycles. The highest BCUT2D eigenvalue weighted by Gasteiger charge is 2.06. The van der Waals surface area contributed by atoms with Crippen LogP contribution in [0.4, 0.5) is 5.69 Å². The molecule has 1 aromatic carbocycles. The Morgan fingerprint density at radius 3 is 2.80 bits per heavy atom. The molecule has 0 spiro atoms. The molecule has 1 rings (SSSR count). The normalized spacial score (nSPS) is 10.7. The monoisotopic (exact) mass is 206 g/mol. The van der Waals surface area contributed by atoms with Crippen molar-refractivity contribution in [2.75, 3.05) is 12.3 Å². The summed E-state index contributed by atoms with van der Waals surface area (Å²) < 4.78 is 0. The largest absolute Gasteiger partial charge is 0.478 e. The summed E-state index contributed by atoms with van der Waals surface area (Å²) in [5.74, 6) is -1.01. The summed E-state index contributed by atoms with van der Waals surface area (Å²) in [5, 5.41) is 8.84. The number of hydrogen-bond donors (Lipinski definition) is 3. The molecule has 0 radical (unpaired) electrons. The van der Waals surface area contributed by atoms with Crippen LogP contribution in [-0.4, -0.2) is 17.6 Å². The van der Waals surface area contributed by atoms with E-state index in [-0.39, 0.29) is 11.3 Å². The van der Waals surface area contributed by atoms with Gasteiger partial charge in [0.25, 0.3) is 0 Å². The van der Waals surface area contributed by atoms with E-state index < -0.39 is 5.97 Å². The Balaban J connectivity index is 2.92. The van der Waals surface area contributed by atoms with Crippen molar-refractivity contribution in [3.8, 4) is 0 Å². The second-order valence-electron chi connectivity index (χ2n) is 3.13. The molecule has 0 aliphatic rings. The van der Waals surface area contributed by atoms with Gasteiger partial charge in [-0.05, 0) is 30.7 Å². The van der Waals surface area contributed by atoms with Gasteiger partial charge in [-0.1, -0.05) is 18.2 Å². The second kappa shape index (κ2) is 5.17. The zero-order chi connectivity index (χ0) is 11.3. The highest BCUT2D eigenvalue weighted by Crippen LogP contribution is 2.15. The lowest BCUT2D eigenvalue weighted by molar-refractivity contribution is 0.0698. The van der Waals surface area contributed by atoms with Gasteiger partial charge in [-0.15, -0.1) is 0 Å². The molecule has 4 heteroatoms. The molecule has 0 aromatic heterocycles. The van der Waals surface area contributed by atoms with Crippen LogP contribution in [0.5, 0.6) is 0 Å². The van der Waals surface area contributed by atoms with Crippen LogP contribution < -0.4 is 11.5 Å². The molecule has 0 atom stereocenters. The minimum atomic E-state index is -1.01. The maximum Gasteiger partial charge on any atom is 0.337 e. The van der Waals surface area contributed by atoms with Crippen LogP contribution in [-0.2, 0) is 0 Å². The fourth-order valence-corrected chi connectivity index (χ4v) is 1.18. The highest BCUT2D eigenvalue weighted by atomic mass is 16.4. The van der Waals surface area contributed by atoms with E-state index in [0.717, 1.165) is 12.0 Å². The van der Waals surface area contributed by atoms with Gasteiger partial charge in [-0.25, -0.2) is 4.79 Å². The van der Waals surface area contributed by atoms with Crippen molar-refractivity contribution in [2.24, 2.45) is 5.73 Å². The van der Waals surface area contributed by atoms with Crippen molar-refractivity contribution in [1.29, 1.82) is 0 Å². The molecule has 80 valence electrons. The van der Waals surface area contributed by atoms with E-state index in [1.807, 2.05) is 12.2 Å². The van der Waals surface area contributed by atoms with Crippen LogP contribution in [0.3, 0.4) is 0 Å². The van der Waals surface area contributed by atoms with Gasteiger partial charge in [0.05, 0.1) is 5.56 Å². The zero-order valence-corrected chi connectivity index (χ0v) is 8.31. The third kappa shape index (κ3) is 3.11. The molecule has 4 nitrogen and oxygen atoms in total. The smallest absolute Gasteiger partial charge is 0.337 e. The Bertz CT molecular complexity index is 386. The summed E-state index contributed by atoms with van der Waals surface area (Å²) in [4.78, 5) is 10.8. The predicted octanol–water partition coefficient (Wildman–Crippen LogP) is 1.33. The van der Waals surface area contributed by atoms with E-state index in [2.05, 4.69) is 0 Å². The van der Waals surface area contributed by atoms with Gasteiger partial charge in [-0.2, -0.15) is 0 Å². The maximum absolute atomic E-state index is 10.8. The lowest BCUT2D eigenvalue weighted by Gasteiger charge is -2.01. The van der Waals surface area contributed by atoms with Crippen molar-refractivity contribution >= 4 is 17.7 Å². The predicted molar refractivity (Wildman–Crippen MR) is 60.5 cm³/mol. The average molecular weight is 206 g/mol. The van der Waals surface area contributed by atoms with Crippen LogP contribution >= 0.6 is 0 Å². The van der Waals surface area contributed by atoms with E-state index in [1.165, 1.54) is 0 Å². The third-order valence-corrected chi connectivity index (χ3v) is 1.95. The number of carbonyl (C=O) groups is 1. The van der Waals surface area contributed by atoms with E-state index in [0.29, 0.717) is 6.54 Å². The number of anilines is 1. The van der Waals surface area contributed by atoms with Crippen LogP contribution in [0.1, 0.15) is 22.3 Å². The molecule has 0 unspecified atom stereocenters. The lowest BCUT2D eigenvalue weighted by Crippen LogP contribution is -2.02. The molecule has 0 heterocycles. The minimum absolute atomic E-state index is 0.130. The van der Waals surface area contributed by atoms with Gasteiger partial charge in [0.15, 0.2) is 0 Å². The zero-order valence-electron chi connectivity index (χ0n) is 8.31. The van der Waals surface area contributed by atoms with Crippen LogP contribution in [0.25, 0.3) is 6.08 Å². The number of nitrogens with two attached hydrogens (primary N) is 2. The quantitative estimate of drug-likeness (QED) is 0.648. The molecule has 0 saturated heterocycles. The van der Waals surface area contributed by atoms with Gasteiger partial charge >= 0.3 is 5.97 Å². The lowest BCUT2D eigenvalue weighted by atomic mass is 10.1. The molecular formula is C11H14N2O2. The van der Waals surface area contributed by atoms with Crippen LogP contribution in [0.15, 0.2) is 24.3 Å². The van der Waals surface area contributed by atoms with Crippen molar-refractivity contribution < 1.29 is 9.90 Å². The summed E-state index contributed by atoms with van der Waals surface area (Å²) >= 11 is 0. The molecule has 0 fully saturated rings. The van der Waals surface area contributed by atoms with Gasteiger partial charge in [-0.3, -0.25) is 0 Å². The molecule has 5 N–H and O–H groups in total. The molecule has 15 heavy (non-hydrogen) atoms. The summed E-state index contributed by atoms with van der Waals surface area (Å²) in [6, 6.07) is 4.91. The summed E-state index contributed by atoms with van der Waals surface area (Å²) in [5.41, 5.74) is 12.1. The van der Waals surface area contributed by atoms with Crippen molar-refractivity contribution in [1.82, 2.24) is 0 Å². The standard InChI is InChI=1S/C11H14N2O2/c12-6-2-1-3-8-4-5-10(13)9(7-8)11(14)15/h1,3-5,7H,2,6,12-13H2,(H,14,15). The summed E-state index contributed by atoms with van der Waals surface area (Å²) in [6.45, 7) is 0.581.